The van der Waals surface area contributed by atoms with Gasteiger partial charge in [0.2, 0.25) is 0 Å². The van der Waals surface area contributed by atoms with Crippen molar-refractivity contribution in [2.24, 2.45) is 0 Å². The van der Waals surface area contributed by atoms with E-state index in [4.69, 9.17) is 0 Å². The molecule has 0 unspecified atom stereocenters. The first-order valence-electron chi connectivity index (χ1n) is 4.63. The third kappa shape index (κ3) is 2.32. The van der Waals surface area contributed by atoms with Crippen LogP contribution in [-0.4, -0.2) is 27.0 Å². The minimum absolute atomic E-state index is 0.607. The summed E-state index contributed by atoms with van der Waals surface area (Å²) < 4.78 is 0. The zero-order valence-electron chi connectivity index (χ0n) is 8.38. The molecule has 0 atom stereocenters. The average Bonchev–Trinajstić information content (AvgIpc) is 2.31. The largest absolute Gasteiger partial charge is 0.314 e. The first-order valence-corrected chi connectivity index (χ1v) is 4.63. The van der Waals surface area contributed by atoms with Gasteiger partial charge in [-0.25, -0.2) is 15.0 Å². The van der Waals surface area contributed by atoms with Crippen LogP contribution < -0.4 is 5.32 Å². The van der Waals surface area contributed by atoms with Crippen LogP contribution in [0.4, 0.5) is 0 Å². The molecule has 0 spiro atoms. The van der Waals surface area contributed by atoms with E-state index in [2.05, 4.69) is 25.3 Å². The Balaban J connectivity index is 2.33. The molecular formula is C10H11N5. The molecule has 76 valence electrons. The zero-order chi connectivity index (χ0) is 10.5. The number of nitrogens with one attached hydrogen (secondary N) is 1. The van der Waals surface area contributed by atoms with Crippen molar-refractivity contribution in [2.45, 2.75) is 6.54 Å². The average molecular weight is 201 g/mol. The summed E-state index contributed by atoms with van der Waals surface area (Å²) in [5, 5.41) is 3.04. The quantitative estimate of drug-likeness (QED) is 0.790. The van der Waals surface area contributed by atoms with E-state index in [-0.39, 0.29) is 0 Å². The van der Waals surface area contributed by atoms with Crippen LogP contribution in [0.2, 0.25) is 0 Å². The van der Waals surface area contributed by atoms with Crippen LogP contribution in [0, 0.1) is 0 Å². The molecule has 0 aliphatic carbocycles. The molecule has 15 heavy (non-hydrogen) atoms. The highest BCUT2D eigenvalue weighted by Gasteiger charge is 2.02. The van der Waals surface area contributed by atoms with Crippen molar-refractivity contribution in [1.82, 2.24) is 25.3 Å². The fourth-order valence-corrected chi connectivity index (χ4v) is 1.21. The molecule has 2 heterocycles. The highest BCUT2D eigenvalue weighted by atomic mass is 14.9. The van der Waals surface area contributed by atoms with Crippen molar-refractivity contribution in [2.75, 3.05) is 7.05 Å². The summed E-state index contributed by atoms with van der Waals surface area (Å²) in [5.41, 5.74) is 1.63. The van der Waals surface area contributed by atoms with Crippen LogP contribution in [0.1, 0.15) is 5.69 Å². The molecular weight excluding hydrogens is 190 g/mol. The van der Waals surface area contributed by atoms with Crippen LogP contribution in [0.15, 0.2) is 30.9 Å². The van der Waals surface area contributed by atoms with E-state index in [1.54, 1.807) is 24.8 Å². The summed E-state index contributed by atoms with van der Waals surface area (Å²) in [7, 11) is 1.88. The molecule has 0 aromatic carbocycles. The van der Waals surface area contributed by atoms with Gasteiger partial charge in [-0.2, -0.15) is 0 Å². The molecule has 0 saturated carbocycles. The number of hydrogen-bond acceptors (Lipinski definition) is 5. The smallest absolute Gasteiger partial charge is 0.180 e. The second kappa shape index (κ2) is 4.56. The zero-order valence-corrected chi connectivity index (χ0v) is 8.38. The van der Waals surface area contributed by atoms with Gasteiger partial charge < -0.3 is 5.32 Å². The van der Waals surface area contributed by atoms with E-state index < -0.39 is 0 Å². The predicted octanol–water partition coefficient (Wildman–Crippen LogP) is 0.653. The lowest BCUT2D eigenvalue weighted by Crippen LogP contribution is -2.07. The van der Waals surface area contributed by atoms with Gasteiger partial charge in [-0.05, 0) is 13.1 Å². The molecule has 0 amide bonds. The molecule has 2 rings (SSSR count). The Kier molecular flexibility index (Phi) is 2.94. The van der Waals surface area contributed by atoms with Crippen LogP contribution in [0.3, 0.4) is 0 Å². The summed E-state index contributed by atoms with van der Waals surface area (Å²) in [6.07, 6.45) is 6.63. The third-order valence-electron chi connectivity index (χ3n) is 1.86. The van der Waals surface area contributed by atoms with Gasteiger partial charge in [-0.3, -0.25) is 4.98 Å². The van der Waals surface area contributed by atoms with Gasteiger partial charge in [0, 0.05) is 25.1 Å². The Bertz CT molecular complexity index is 429. The highest BCUT2D eigenvalue weighted by molar-refractivity contribution is 5.46. The first-order chi connectivity index (χ1) is 7.40. The molecule has 5 nitrogen and oxygen atoms in total. The van der Waals surface area contributed by atoms with Crippen molar-refractivity contribution < 1.29 is 0 Å². The summed E-state index contributed by atoms with van der Waals surface area (Å²) in [5.74, 6) is 0.607. The molecule has 0 aliphatic heterocycles. The van der Waals surface area contributed by atoms with Crippen molar-refractivity contribution in [3.8, 4) is 11.5 Å². The Labute approximate surface area is 87.6 Å². The van der Waals surface area contributed by atoms with Gasteiger partial charge >= 0.3 is 0 Å². The molecule has 0 aliphatic rings. The summed E-state index contributed by atoms with van der Waals surface area (Å²) in [6, 6.07) is 1.87. The second-order valence-electron chi connectivity index (χ2n) is 2.99. The van der Waals surface area contributed by atoms with Crippen molar-refractivity contribution in [1.29, 1.82) is 0 Å². The minimum Gasteiger partial charge on any atom is -0.314 e. The molecule has 2 aromatic rings. The van der Waals surface area contributed by atoms with Gasteiger partial charge in [0.1, 0.15) is 5.69 Å². The highest BCUT2D eigenvalue weighted by Crippen LogP contribution is 2.08. The number of nitrogens with zero attached hydrogens (tertiary/aromatic N) is 4. The molecule has 0 fully saturated rings. The maximum Gasteiger partial charge on any atom is 0.180 e. The van der Waals surface area contributed by atoms with Crippen LogP contribution in [0.25, 0.3) is 11.5 Å². The Hall–Kier alpha value is -1.88. The molecule has 1 N–H and O–H groups in total. The monoisotopic (exact) mass is 201 g/mol. The molecule has 2 aromatic heterocycles. The van der Waals surface area contributed by atoms with Crippen molar-refractivity contribution >= 4 is 0 Å². The maximum absolute atomic E-state index is 4.36. The van der Waals surface area contributed by atoms with E-state index in [1.807, 2.05) is 13.1 Å². The van der Waals surface area contributed by atoms with Gasteiger partial charge in [0.05, 0.1) is 11.9 Å². The lowest BCUT2D eigenvalue weighted by Gasteiger charge is -2.01. The molecule has 0 bridgehead atoms. The number of rotatable bonds is 3. The van der Waals surface area contributed by atoms with Crippen LogP contribution in [0.5, 0.6) is 0 Å². The third-order valence-corrected chi connectivity index (χ3v) is 1.86. The minimum atomic E-state index is 0.607. The van der Waals surface area contributed by atoms with Crippen molar-refractivity contribution in [3.05, 3.63) is 36.5 Å². The van der Waals surface area contributed by atoms with Gasteiger partial charge in [-0.1, -0.05) is 0 Å². The lowest BCUT2D eigenvalue weighted by atomic mass is 10.3. The number of hydrogen-bond donors (Lipinski definition) is 1. The van der Waals surface area contributed by atoms with Gasteiger partial charge in [0.15, 0.2) is 5.82 Å². The Morgan fingerprint density at radius 1 is 1.20 bits per heavy atom. The van der Waals surface area contributed by atoms with E-state index in [1.165, 1.54) is 0 Å². The molecule has 0 saturated heterocycles. The van der Waals surface area contributed by atoms with Gasteiger partial charge in [-0.15, -0.1) is 0 Å². The SMILES string of the molecule is CNCc1ccnc(-c2cnccn2)n1. The Morgan fingerprint density at radius 3 is 2.87 bits per heavy atom. The van der Waals surface area contributed by atoms with E-state index in [0.717, 1.165) is 12.2 Å². The summed E-state index contributed by atoms with van der Waals surface area (Å²) in [4.78, 5) is 16.6. The second-order valence-corrected chi connectivity index (χ2v) is 2.99. The molecule has 0 radical (unpaired) electrons. The number of aromatic nitrogens is 4. The molecule has 5 heteroatoms. The summed E-state index contributed by atoms with van der Waals surface area (Å²) >= 11 is 0. The van der Waals surface area contributed by atoms with Gasteiger partial charge in [0.25, 0.3) is 0 Å². The topological polar surface area (TPSA) is 63.6 Å². The van der Waals surface area contributed by atoms with E-state index >= 15 is 0 Å². The lowest BCUT2D eigenvalue weighted by molar-refractivity contribution is 0.787. The standard InChI is InChI=1S/C10H11N5/c1-11-6-8-2-3-14-10(15-8)9-7-12-4-5-13-9/h2-5,7,11H,6H2,1H3. The Morgan fingerprint density at radius 2 is 2.13 bits per heavy atom. The van der Waals surface area contributed by atoms with E-state index in [0.29, 0.717) is 11.5 Å². The van der Waals surface area contributed by atoms with Crippen LogP contribution in [-0.2, 0) is 6.54 Å². The predicted molar refractivity (Wildman–Crippen MR) is 55.8 cm³/mol. The normalized spacial score (nSPS) is 10.2. The van der Waals surface area contributed by atoms with Crippen molar-refractivity contribution in [3.63, 3.8) is 0 Å². The summed E-state index contributed by atoms with van der Waals surface area (Å²) in [6.45, 7) is 0.718. The maximum atomic E-state index is 4.36. The fraction of sp³-hybridized carbons (Fsp3) is 0.200. The van der Waals surface area contributed by atoms with Crippen LogP contribution >= 0.6 is 0 Å². The fourth-order valence-electron chi connectivity index (χ4n) is 1.21. The van der Waals surface area contributed by atoms with E-state index in [9.17, 15) is 0 Å². The first kappa shape index (κ1) is 9.67.